The van der Waals surface area contributed by atoms with E-state index in [9.17, 15) is 23.1 Å². The lowest BCUT2D eigenvalue weighted by atomic mass is 9.98. The van der Waals surface area contributed by atoms with Crippen LogP contribution in [0.4, 0.5) is 0 Å². The van der Waals surface area contributed by atoms with Crippen LogP contribution in [-0.4, -0.2) is 73.6 Å². The van der Waals surface area contributed by atoms with Gasteiger partial charge in [0.05, 0.1) is 27.2 Å². The van der Waals surface area contributed by atoms with Crippen LogP contribution in [-0.2, 0) is 26.0 Å². The molecule has 0 saturated carbocycles. The van der Waals surface area contributed by atoms with Gasteiger partial charge in [0.15, 0.2) is 0 Å². The number of fused-ring (bicyclic) bond motifs is 1. The van der Waals surface area contributed by atoms with Gasteiger partial charge in [-0.05, 0) is 42.6 Å². The highest BCUT2D eigenvalue weighted by atomic mass is 32.2. The minimum absolute atomic E-state index is 0.0182. The molecule has 1 heterocycles. The second-order valence-corrected chi connectivity index (χ2v) is 13.5. The number of benzene rings is 2. The minimum atomic E-state index is -4.13. The van der Waals surface area contributed by atoms with E-state index in [4.69, 9.17) is 0 Å². The summed E-state index contributed by atoms with van der Waals surface area (Å²) in [5.74, 6) is -0.561. The molecule has 2 amide bonds. The third-order valence-corrected chi connectivity index (χ3v) is 9.29. The van der Waals surface area contributed by atoms with Crippen molar-refractivity contribution in [2.24, 2.45) is 11.8 Å². The van der Waals surface area contributed by atoms with Crippen molar-refractivity contribution in [2.45, 2.75) is 50.7 Å². The van der Waals surface area contributed by atoms with Crippen LogP contribution in [0.25, 0.3) is 10.2 Å². The summed E-state index contributed by atoms with van der Waals surface area (Å²) in [7, 11) is -2.45. The number of sulfonamides is 1. The number of nitrogens with zero attached hydrogens (tertiary/aromatic N) is 2. The summed E-state index contributed by atoms with van der Waals surface area (Å²) >= 11 is 1.35. The maximum absolute atomic E-state index is 14.1. The second kappa shape index (κ2) is 14.8. The highest BCUT2D eigenvalue weighted by Gasteiger charge is 2.43. The summed E-state index contributed by atoms with van der Waals surface area (Å²) in [6.45, 7) is 6.38. The van der Waals surface area contributed by atoms with E-state index in [1.807, 2.05) is 51.1 Å². The zero-order valence-electron chi connectivity index (χ0n) is 24.1. The number of aliphatic hydroxyl groups is 1. The molecule has 2 atom stereocenters. The van der Waals surface area contributed by atoms with E-state index in [2.05, 4.69) is 20.9 Å². The highest BCUT2D eigenvalue weighted by molar-refractivity contribution is 7.89. The van der Waals surface area contributed by atoms with Crippen LogP contribution in [0.5, 0.6) is 0 Å². The van der Waals surface area contributed by atoms with Crippen LogP contribution >= 0.6 is 11.3 Å². The number of hydrogen-bond donors (Lipinski definition) is 4. The second-order valence-electron chi connectivity index (χ2n) is 10.8. The molecule has 0 radical (unpaired) electrons. The van der Waals surface area contributed by atoms with Crippen molar-refractivity contribution in [3.63, 3.8) is 0 Å². The molecule has 0 bridgehead atoms. The molecule has 0 spiro atoms. The molecule has 4 N–H and O–H groups in total. The Balaban J connectivity index is 1.81. The lowest BCUT2D eigenvalue weighted by molar-refractivity contribution is -0.124. The van der Waals surface area contributed by atoms with Gasteiger partial charge < -0.3 is 21.1 Å². The van der Waals surface area contributed by atoms with E-state index < -0.39 is 15.7 Å². The number of aromatic nitrogens is 1. The average molecular weight is 604 g/mol. The van der Waals surface area contributed by atoms with Gasteiger partial charge in [-0.15, -0.1) is 11.3 Å². The number of thiazole rings is 1. The average Bonchev–Trinajstić information content (AvgIpc) is 3.39. The lowest BCUT2D eigenvalue weighted by Crippen LogP contribution is -2.55. The van der Waals surface area contributed by atoms with E-state index >= 15 is 0 Å². The summed E-state index contributed by atoms with van der Waals surface area (Å²) in [6.07, 6.45) is 0.210. The maximum atomic E-state index is 14.1. The van der Waals surface area contributed by atoms with Gasteiger partial charge in [0.25, 0.3) is 0 Å². The molecule has 0 saturated heterocycles. The van der Waals surface area contributed by atoms with Crippen LogP contribution in [0, 0.1) is 11.8 Å². The lowest BCUT2D eigenvalue weighted by Gasteiger charge is -2.40. The molecule has 3 rings (SSSR count). The fourth-order valence-corrected chi connectivity index (χ4v) is 7.19. The number of carbonyl (C=O) groups excluding carboxylic acids is 2. The van der Waals surface area contributed by atoms with Crippen LogP contribution in [0.2, 0.25) is 0 Å². The Hall–Kier alpha value is -2.90. The Labute approximate surface area is 246 Å². The van der Waals surface area contributed by atoms with Crippen LogP contribution in [0.1, 0.15) is 39.2 Å². The van der Waals surface area contributed by atoms with Crippen LogP contribution < -0.4 is 16.0 Å². The number of amides is 2. The molecule has 41 heavy (non-hydrogen) atoms. The molecule has 224 valence electrons. The Kier molecular flexibility index (Phi) is 11.8. The van der Waals surface area contributed by atoms with E-state index in [1.54, 1.807) is 24.7 Å². The Morgan fingerprint density at radius 2 is 1.80 bits per heavy atom. The minimum Gasteiger partial charge on any atom is -0.374 e. The normalized spacial score (nSPS) is 14.2. The summed E-state index contributed by atoms with van der Waals surface area (Å²) in [5.41, 5.74) is 1.34. The van der Waals surface area contributed by atoms with Gasteiger partial charge in [-0.25, -0.2) is 13.4 Å². The summed E-state index contributed by atoms with van der Waals surface area (Å²) < 4.78 is 30.1. The highest BCUT2D eigenvalue weighted by Crippen LogP contribution is 2.32. The van der Waals surface area contributed by atoms with Gasteiger partial charge in [-0.2, -0.15) is 4.31 Å². The van der Waals surface area contributed by atoms with Gasteiger partial charge in [0.2, 0.25) is 21.8 Å². The first-order chi connectivity index (χ1) is 19.4. The standard InChI is InChI=1S/C29H41N5O5S2/c1-21(2)19-34(41(38,39)24-10-11-25-26(15-24)40-20-33-25)29(37,16-23-8-6-5-7-9-23)12-13-31-27(35)14-22(3)17-32-28(36)18-30-4/h5-11,15,20-22,30,37H,12-14,16-19H2,1-4H3,(H,31,35)(H,32,36). The molecule has 0 fully saturated rings. The van der Waals surface area contributed by atoms with E-state index in [1.165, 1.54) is 21.7 Å². The van der Waals surface area contributed by atoms with Crippen molar-refractivity contribution in [1.82, 2.24) is 25.2 Å². The van der Waals surface area contributed by atoms with E-state index in [0.29, 0.717) is 12.1 Å². The first-order valence-electron chi connectivity index (χ1n) is 13.7. The molecular formula is C29H41N5O5S2. The smallest absolute Gasteiger partial charge is 0.245 e. The Morgan fingerprint density at radius 1 is 1.07 bits per heavy atom. The van der Waals surface area contributed by atoms with Gasteiger partial charge in [-0.1, -0.05) is 51.1 Å². The number of carbonyl (C=O) groups is 2. The van der Waals surface area contributed by atoms with Crippen LogP contribution in [0.15, 0.2) is 58.9 Å². The zero-order chi connectivity index (χ0) is 30.0. The Bertz CT molecular complexity index is 1400. The number of nitrogens with one attached hydrogen (secondary N) is 3. The number of rotatable bonds is 16. The summed E-state index contributed by atoms with van der Waals surface area (Å²) in [4.78, 5) is 28.7. The zero-order valence-corrected chi connectivity index (χ0v) is 25.7. The number of hydrogen-bond acceptors (Lipinski definition) is 8. The van der Waals surface area contributed by atoms with Gasteiger partial charge >= 0.3 is 0 Å². The molecular weight excluding hydrogens is 562 g/mol. The van der Waals surface area contributed by atoms with Crippen molar-refractivity contribution in [1.29, 1.82) is 0 Å². The van der Waals surface area contributed by atoms with Crippen molar-refractivity contribution in [3.8, 4) is 0 Å². The van der Waals surface area contributed by atoms with E-state index in [-0.39, 0.29) is 67.4 Å². The molecule has 12 heteroatoms. The van der Waals surface area contributed by atoms with Gasteiger partial charge in [0, 0.05) is 38.9 Å². The molecule has 2 unspecified atom stereocenters. The summed E-state index contributed by atoms with van der Waals surface area (Å²) in [5, 5.41) is 20.6. The van der Waals surface area contributed by atoms with Crippen LogP contribution in [0.3, 0.4) is 0 Å². The Morgan fingerprint density at radius 3 is 2.49 bits per heavy atom. The SMILES string of the molecule is CNCC(=O)NCC(C)CC(=O)NCCC(O)(Cc1ccccc1)N(CC(C)C)S(=O)(=O)c1ccc2ncsc2c1. The fourth-order valence-electron chi connectivity index (χ4n) is 4.54. The first kappa shape index (κ1) is 32.6. The predicted molar refractivity (Wildman–Crippen MR) is 162 cm³/mol. The van der Waals surface area contributed by atoms with Crippen molar-refractivity contribution < 1.29 is 23.1 Å². The molecule has 10 nitrogen and oxygen atoms in total. The maximum Gasteiger partial charge on any atom is 0.245 e. The fraction of sp³-hybridized carbons (Fsp3) is 0.483. The van der Waals surface area contributed by atoms with Crippen molar-refractivity contribution in [3.05, 3.63) is 59.6 Å². The first-order valence-corrected chi connectivity index (χ1v) is 16.1. The van der Waals surface area contributed by atoms with E-state index in [0.717, 1.165) is 10.3 Å². The van der Waals surface area contributed by atoms with Gasteiger partial charge in [-0.3, -0.25) is 9.59 Å². The van der Waals surface area contributed by atoms with Gasteiger partial charge in [0.1, 0.15) is 5.72 Å². The molecule has 2 aromatic carbocycles. The molecule has 0 aliphatic carbocycles. The predicted octanol–water partition coefficient (Wildman–Crippen LogP) is 2.74. The number of likely N-dealkylation sites (N-methyl/N-ethyl adjacent to an activating group) is 1. The quantitative estimate of drug-likeness (QED) is 0.185. The monoisotopic (exact) mass is 603 g/mol. The third-order valence-electron chi connectivity index (χ3n) is 6.58. The third kappa shape index (κ3) is 9.30. The molecule has 0 aliphatic rings. The topological polar surface area (TPSA) is 141 Å². The molecule has 1 aromatic heterocycles. The van der Waals surface area contributed by atoms with Crippen molar-refractivity contribution in [2.75, 3.05) is 33.2 Å². The molecule has 3 aromatic rings. The molecule has 0 aliphatic heterocycles. The van der Waals surface area contributed by atoms with Crippen molar-refractivity contribution >= 4 is 43.4 Å². The largest absolute Gasteiger partial charge is 0.374 e. The summed E-state index contributed by atoms with van der Waals surface area (Å²) in [6, 6.07) is 14.0.